The van der Waals surface area contributed by atoms with Crippen molar-refractivity contribution in [2.75, 3.05) is 19.7 Å². The van der Waals surface area contributed by atoms with Crippen molar-refractivity contribution >= 4 is 28.8 Å². The van der Waals surface area contributed by atoms with Gasteiger partial charge in [0.25, 0.3) is 0 Å². The lowest BCUT2D eigenvalue weighted by molar-refractivity contribution is -0.129. The largest absolute Gasteiger partial charge is 0.396 e. The van der Waals surface area contributed by atoms with Crippen molar-refractivity contribution in [1.29, 1.82) is 0 Å². The van der Waals surface area contributed by atoms with Gasteiger partial charge in [-0.05, 0) is 12.5 Å². The summed E-state index contributed by atoms with van der Waals surface area (Å²) < 4.78 is 0. The summed E-state index contributed by atoms with van der Waals surface area (Å²) in [5, 5.41) is 12.8. The minimum atomic E-state index is -0.166. The fourth-order valence-electron chi connectivity index (χ4n) is 2.78. The predicted octanol–water partition coefficient (Wildman–Crippen LogP) is 3.24. The second kappa shape index (κ2) is 6.59. The van der Waals surface area contributed by atoms with Crippen LogP contribution in [-0.2, 0) is 11.2 Å². The molecule has 1 aliphatic rings. The van der Waals surface area contributed by atoms with Gasteiger partial charge in [0, 0.05) is 29.4 Å². The Bertz CT molecular complexity index is 718. The summed E-state index contributed by atoms with van der Waals surface area (Å²) in [5.41, 5.74) is 1.50. The van der Waals surface area contributed by atoms with Crippen molar-refractivity contribution < 1.29 is 9.90 Å². The maximum atomic E-state index is 12.4. The van der Waals surface area contributed by atoms with E-state index in [4.69, 9.17) is 11.6 Å². The standard InChI is InChI=1S/C17H19ClN2O2S/c1-17(11-21)6-7-20(10-17)15(22)8-12-9-23-16(19-12)13-4-2-3-5-14(13)18/h2-5,9,21H,6-8,10-11H2,1H3/t17-/m0/s1. The first-order valence-electron chi connectivity index (χ1n) is 7.59. The number of aliphatic hydroxyl groups excluding tert-OH is 1. The van der Waals surface area contributed by atoms with Gasteiger partial charge >= 0.3 is 0 Å². The number of aliphatic hydroxyl groups is 1. The molecule has 1 aromatic carbocycles. The van der Waals surface area contributed by atoms with Crippen molar-refractivity contribution in [2.45, 2.75) is 19.8 Å². The number of carbonyl (C=O) groups excluding carboxylic acids is 1. The minimum Gasteiger partial charge on any atom is -0.396 e. The Morgan fingerprint density at radius 1 is 1.48 bits per heavy atom. The highest BCUT2D eigenvalue weighted by atomic mass is 35.5. The third kappa shape index (κ3) is 3.57. The molecule has 1 saturated heterocycles. The molecule has 0 saturated carbocycles. The van der Waals surface area contributed by atoms with Crippen LogP contribution in [0.25, 0.3) is 10.6 Å². The Morgan fingerprint density at radius 2 is 2.26 bits per heavy atom. The van der Waals surface area contributed by atoms with Gasteiger partial charge in [-0.25, -0.2) is 4.98 Å². The van der Waals surface area contributed by atoms with Crippen LogP contribution in [0.15, 0.2) is 29.6 Å². The summed E-state index contributed by atoms with van der Waals surface area (Å²) >= 11 is 7.69. The fraction of sp³-hybridized carbons (Fsp3) is 0.412. The number of likely N-dealkylation sites (tertiary alicyclic amines) is 1. The smallest absolute Gasteiger partial charge is 0.228 e. The van der Waals surface area contributed by atoms with Gasteiger partial charge in [0.15, 0.2) is 0 Å². The van der Waals surface area contributed by atoms with Crippen molar-refractivity contribution in [1.82, 2.24) is 9.88 Å². The van der Waals surface area contributed by atoms with Gasteiger partial charge in [-0.2, -0.15) is 0 Å². The van der Waals surface area contributed by atoms with Crippen LogP contribution in [0.1, 0.15) is 19.0 Å². The minimum absolute atomic E-state index is 0.0678. The van der Waals surface area contributed by atoms with Crippen LogP contribution in [0.3, 0.4) is 0 Å². The number of hydrogen-bond donors (Lipinski definition) is 1. The molecule has 0 bridgehead atoms. The summed E-state index contributed by atoms with van der Waals surface area (Å²) in [6.45, 7) is 3.45. The normalized spacial score (nSPS) is 20.9. The lowest BCUT2D eigenvalue weighted by Crippen LogP contribution is -2.33. The number of aromatic nitrogens is 1. The summed E-state index contributed by atoms with van der Waals surface area (Å²) in [4.78, 5) is 18.8. The first-order chi connectivity index (χ1) is 11.0. The number of rotatable bonds is 4. The van der Waals surface area contributed by atoms with Crippen molar-refractivity contribution in [3.63, 3.8) is 0 Å². The van der Waals surface area contributed by atoms with Crippen LogP contribution in [0, 0.1) is 5.41 Å². The summed E-state index contributed by atoms with van der Waals surface area (Å²) in [6, 6.07) is 7.58. The van der Waals surface area contributed by atoms with Crippen molar-refractivity contribution in [2.24, 2.45) is 5.41 Å². The predicted molar refractivity (Wildman–Crippen MR) is 92.7 cm³/mol. The quantitative estimate of drug-likeness (QED) is 0.921. The zero-order chi connectivity index (χ0) is 16.4. The summed E-state index contributed by atoms with van der Waals surface area (Å²) in [7, 11) is 0. The van der Waals surface area contributed by atoms with Gasteiger partial charge in [0.2, 0.25) is 5.91 Å². The van der Waals surface area contributed by atoms with E-state index in [1.54, 1.807) is 0 Å². The molecule has 1 atom stereocenters. The second-order valence-electron chi connectivity index (χ2n) is 6.33. The highest BCUT2D eigenvalue weighted by Gasteiger charge is 2.35. The SMILES string of the molecule is C[C@]1(CO)CCN(C(=O)Cc2csc(-c3ccccc3Cl)n2)C1. The molecule has 0 aliphatic carbocycles. The first-order valence-corrected chi connectivity index (χ1v) is 8.84. The number of amides is 1. The third-order valence-corrected chi connectivity index (χ3v) is 5.53. The molecule has 4 nitrogen and oxygen atoms in total. The van der Waals surface area contributed by atoms with Crippen molar-refractivity contribution in [3.8, 4) is 10.6 Å². The van der Waals surface area contributed by atoms with Crippen LogP contribution < -0.4 is 0 Å². The number of halogens is 1. The zero-order valence-electron chi connectivity index (χ0n) is 13.0. The molecule has 23 heavy (non-hydrogen) atoms. The van der Waals surface area contributed by atoms with Crippen LogP contribution >= 0.6 is 22.9 Å². The fourth-order valence-corrected chi connectivity index (χ4v) is 3.92. The van der Waals surface area contributed by atoms with Gasteiger partial charge in [-0.3, -0.25) is 4.79 Å². The number of benzene rings is 1. The first kappa shape index (κ1) is 16.4. The molecule has 1 aliphatic heterocycles. The van der Waals surface area contributed by atoms with Gasteiger partial charge in [0.05, 0.1) is 23.7 Å². The highest BCUT2D eigenvalue weighted by molar-refractivity contribution is 7.13. The number of hydrogen-bond acceptors (Lipinski definition) is 4. The molecule has 1 N–H and O–H groups in total. The Balaban J connectivity index is 1.68. The topological polar surface area (TPSA) is 53.4 Å². The average molecular weight is 351 g/mol. The zero-order valence-corrected chi connectivity index (χ0v) is 14.5. The summed E-state index contributed by atoms with van der Waals surface area (Å²) in [6.07, 6.45) is 1.14. The van der Waals surface area contributed by atoms with E-state index in [2.05, 4.69) is 4.98 Å². The average Bonchev–Trinajstić information content (AvgIpc) is 3.15. The molecule has 0 unspecified atom stereocenters. The van der Waals surface area contributed by atoms with Crippen LogP contribution in [0.4, 0.5) is 0 Å². The Hall–Kier alpha value is -1.43. The number of nitrogens with zero attached hydrogens (tertiary/aromatic N) is 2. The van der Waals surface area contributed by atoms with Crippen LogP contribution in [0.5, 0.6) is 0 Å². The third-order valence-electron chi connectivity index (χ3n) is 4.28. The van der Waals surface area contributed by atoms with Gasteiger partial charge < -0.3 is 10.0 Å². The maximum absolute atomic E-state index is 12.4. The molecule has 3 rings (SSSR count). The molecular formula is C17H19ClN2O2S. The van der Waals surface area contributed by atoms with E-state index in [1.165, 1.54) is 11.3 Å². The maximum Gasteiger partial charge on any atom is 0.228 e. The van der Waals surface area contributed by atoms with Gasteiger partial charge in [-0.15, -0.1) is 11.3 Å². The van der Waals surface area contributed by atoms with Crippen LogP contribution in [-0.4, -0.2) is 40.6 Å². The Kier molecular flexibility index (Phi) is 4.71. The molecule has 0 spiro atoms. The molecular weight excluding hydrogens is 332 g/mol. The Labute approximate surface area is 144 Å². The second-order valence-corrected chi connectivity index (χ2v) is 7.60. The van der Waals surface area contributed by atoms with E-state index in [1.807, 2.05) is 41.5 Å². The highest BCUT2D eigenvalue weighted by Crippen LogP contribution is 2.31. The molecule has 1 aromatic heterocycles. The van der Waals surface area contributed by atoms with E-state index in [0.717, 1.165) is 22.7 Å². The van der Waals surface area contributed by atoms with E-state index in [-0.39, 0.29) is 17.9 Å². The van der Waals surface area contributed by atoms with E-state index >= 15 is 0 Å². The molecule has 122 valence electrons. The van der Waals surface area contributed by atoms with E-state index < -0.39 is 0 Å². The summed E-state index contributed by atoms with van der Waals surface area (Å²) in [5.74, 6) is 0.0678. The monoisotopic (exact) mass is 350 g/mol. The van der Waals surface area contributed by atoms with E-state index in [0.29, 0.717) is 24.5 Å². The molecule has 1 fully saturated rings. The van der Waals surface area contributed by atoms with Crippen molar-refractivity contribution in [3.05, 3.63) is 40.4 Å². The van der Waals surface area contributed by atoms with Gasteiger partial charge in [-0.1, -0.05) is 36.7 Å². The molecule has 6 heteroatoms. The van der Waals surface area contributed by atoms with E-state index in [9.17, 15) is 9.90 Å². The molecule has 1 amide bonds. The lowest BCUT2D eigenvalue weighted by Gasteiger charge is -2.21. The molecule has 2 aromatic rings. The number of carbonyl (C=O) groups is 1. The Morgan fingerprint density at radius 3 is 2.96 bits per heavy atom. The molecule has 2 heterocycles. The lowest BCUT2D eigenvalue weighted by atomic mass is 9.91. The molecule has 0 radical (unpaired) electrons. The van der Waals surface area contributed by atoms with Gasteiger partial charge in [0.1, 0.15) is 5.01 Å². The number of thiazole rings is 1. The van der Waals surface area contributed by atoms with Crippen LogP contribution in [0.2, 0.25) is 5.02 Å².